The van der Waals surface area contributed by atoms with Gasteiger partial charge >= 0.3 is 128 Å². The second-order valence-corrected chi connectivity index (χ2v) is 4.96. The number of carbonyl (C=O) groups is 6. The van der Waals surface area contributed by atoms with Crippen molar-refractivity contribution in [1.29, 1.82) is 0 Å². The third-order valence-electron chi connectivity index (χ3n) is 2.57. The molecule has 148 valence electrons. The molecule has 8 N–H and O–H groups in total. The van der Waals surface area contributed by atoms with Crippen molar-refractivity contribution in [3.8, 4) is 0 Å². The molecule has 18 heteroatoms. The van der Waals surface area contributed by atoms with Crippen LogP contribution in [0.5, 0.6) is 0 Å². The van der Waals surface area contributed by atoms with Crippen LogP contribution in [0.3, 0.4) is 0 Å². The van der Waals surface area contributed by atoms with Gasteiger partial charge in [-0.3, -0.25) is 19.2 Å². The number of aliphatic hydroxyl groups is 2. The van der Waals surface area contributed by atoms with E-state index in [1.165, 1.54) is 0 Å². The fraction of sp³-hybridized carbons (Fsp3) is 0.500. The van der Waals surface area contributed by atoms with Crippen LogP contribution < -0.4 is 0 Å². The normalized spacial score (nSPS) is 9.40. The molecule has 0 amide bonds. The van der Waals surface area contributed by atoms with E-state index in [9.17, 15) is 28.8 Å². The zero-order valence-corrected chi connectivity index (χ0v) is 21.3. The first-order valence-corrected chi connectivity index (χ1v) is 6.34. The summed E-state index contributed by atoms with van der Waals surface area (Å²) in [6.45, 7) is 0. The van der Waals surface area contributed by atoms with Crippen LogP contribution in [0.4, 0.5) is 0 Å². The van der Waals surface area contributed by atoms with Gasteiger partial charge in [0.05, 0.1) is 25.7 Å². The van der Waals surface area contributed by atoms with Crippen molar-refractivity contribution in [2.45, 2.75) is 36.9 Å². The van der Waals surface area contributed by atoms with Crippen molar-refractivity contribution in [2.24, 2.45) is 0 Å². The average molecular weight is 481 g/mol. The maximum absolute atomic E-state index is 10.3. The van der Waals surface area contributed by atoms with Gasteiger partial charge in [-0.25, -0.2) is 9.59 Å². The first kappa shape index (κ1) is 43.6. The molecule has 0 unspecified atom stereocenters. The molecule has 0 aliphatic heterocycles. The van der Waals surface area contributed by atoms with Crippen LogP contribution in [0.2, 0.25) is 0 Å². The van der Waals surface area contributed by atoms with Gasteiger partial charge in [0.25, 0.3) is 0 Å². The second kappa shape index (κ2) is 19.5. The van der Waals surface area contributed by atoms with Crippen LogP contribution in [0.25, 0.3) is 0 Å². The summed E-state index contributed by atoms with van der Waals surface area (Å²) in [5, 5.41) is 67.6. The predicted molar refractivity (Wildman–Crippen MR) is 97.2 cm³/mol. The molecule has 0 aromatic rings. The molecule has 30 heavy (non-hydrogen) atoms. The summed E-state index contributed by atoms with van der Waals surface area (Å²) in [6, 6.07) is 0. The summed E-state index contributed by atoms with van der Waals surface area (Å²) in [6.07, 6.45) is -4.58. The van der Waals surface area contributed by atoms with Gasteiger partial charge in [0.15, 0.2) is 11.2 Å². The van der Waals surface area contributed by atoms with Gasteiger partial charge in [0, 0.05) is 0 Å². The van der Waals surface area contributed by atoms with Crippen LogP contribution in [-0.4, -0.2) is 180 Å². The largest absolute Gasteiger partial charge is 2.00 e. The fourth-order valence-corrected chi connectivity index (χ4v) is 1.43. The molecule has 0 saturated carbocycles. The zero-order valence-electron chi connectivity index (χ0n) is 15.7. The molecule has 0 spiro atoms. The van der Waals surface area contributed by atoms with E-state index in [1.807, 2.05) is 0 Å². The standard InChI is InChI=1S/2C6H8O7.4Mg/c2*7-3(8)1-6(13,5(11)12)2-4(9)10;;;;/h2*13H,1-2H2,(H,7,8)(H,9,10)(H,11,12);;;;/q;;4*+2. The van der Waals surface area contributed by atoms with E-state index in [0.29, 0.717) is 0 Å². The molecular formula is C12H16Mg4O14+8. The first-order chi connectivity index (χ1) is 11.6. The van der Waals surface area contributed by atoms with E-state index >= 15 is 0 Å². The number of carboxylic acid groups (broad SMARTS) is 6. The molecule has 0 aliphatic rings. The minimum Gasteiger partial charge on any atom is -0.481 e. The van der Waals surface area contributed by atoms with Crippen molar-refractivity contribution < 1.29 is 69.6 Å². The van der Waals surface area contributed by atoms with Crippen molar-refractivity contribution in [2.75, 3.05) is 0 Å². The smallest absolute Gasteiger partial charge is 0.481 e. The Morgan fingerprint density at radius 3 is 0.633 bits per heavy atom. The van der Waals surface area contributed by atoms with E-state index in [4.69, 9.17) is 40.9 Å². The molecule has 0 radical (unpaired) electrons. The average Bonchev–Trinajstić information content (AvgIpc) is 2.34. The molecule has 0 aromatic carbocycles. The van der Waals surface area contributed by atoms with E-state index in [0.717, 1.165) is 0 Å². The Bertz CT molecular complexity index is 524. The van der Waals surface area contributed by atoms with E-state index in [1.54, 1.807) is 0 Å². The summed E-state index contributed by atoms with van der Waals surface area (Å²) in [7, 11) is 0. The number of hydrogen-bond donors (Lipinski definition) is 8. The molecule has 0 aromatic heterocycles. The van der Waals surface area contributed by atoms with Gasteiger partial charge in [-0.15, -0.1) is 0 Å². The van der Waals surface area contributed by atoms with Gasteiger partial charge in [0.2, 0.25) is 0 Å². The van der Waals surface area contributed by atoms with Gasteiger partial charge < -0.3 is 40.9 Å². The Labute approximate surface area is 232 Å². The molecular weight excluding hydrogens is 465 g/mol. The molecule has 0 saturated heterocycles. The Kier molecular flexibility index (Phi) is 28.3. The Balaban J connectivity index is -0.0000000847. The number of rotatable bonds is 10. The van der Waals surface area contributed by atoms with Gasteiger partial charge in [-0.1, -0.05) is 0 Å². The van der Waals surface area contributed by atoms with Crippen molar-refractivity contribution in [3.63, 3.8) is 0 Å². The third-order valence-corrected chi connectivity index (χ3v) is 2.57. The molecule has 14 nitrogen and oxygen atoms in total. The quantitative estimate of drug-likeness (QED) is 0.138. The minimum absolute atomic E-state index is 0. The SMILES string of the molecule is O=C(O)CC(O)(CC(=O)O)C(=O)O.O=C(O)CC(O)(CC(=O)O)C(=O)O.[Mg+2].[Mg+2].[Mg+2].[Mg+2]. The summed E-state index contributed by atoms with van der Waals surface area (Å²) in [5.74, 6) is -10.0. The number of hydrogen-bond acceptors (Lipinski definition) is 8. The van der Waals surface area contributed by atoms with E-state index in [2.05, 4.69) is 0 Å². The third kappa shape index (κ3) is 19.7. The van der Waals surface area contributed by atoms with Gasteiger partial charge in [-0.2, -0.15) is 0 Å². The maximum Gasteiger partial charge on any atom is 2.00 e. The van der Waals surface area contributed by atoms with Gasteiger partial charge in [0.1, 0.15) is 0 Å². The monoisotopic (exact) mass is 480 g/mol. The fourth-order valence-electron chi connectivity index (χ4n) is 1.43. The Morgan fingerprint density at radius 1 is 0.433 bits per heavy atom. The summed E-state index contributed by atoms with van der Waals surface area (Å²) in [4.78, 5) is 61.0. The van der Waals surface area contributed by atoms with Crippen LogP contribution >= 0.6 is 0 Å². The van der Waals surface area contributed by atoms with Crippen LogP contribution in [0, 0.1) is 0 Å². The van der Waals surface area contributed by atoms with Crippen LogP contribution in [0.15, 0.2) is 0 Å². The Hall–Kier alpha value is -0.195. The van der Waals surface area contributed by atoms with Gasteiger partial charge in [-0.05, 0) is 0 Å². The predicted octanol–water partition coefficient (Wildman–Crippen LogP) is -4.02. The van der Waals surface area contributed by atoms with Crippen molar-refractivity contribution in [1.82, 2.24) is 0 Å². The van der Waals surface area contributed by atoms with Crippen LogP contribution in [0.1, 0.15) is 25.7 Å². The second-order valence-electron chi connectivity index (χ2n) is 4.96. The van der Waals surface area contributed by atoms with Crippen molar-refractivity contribution in [3.05, 3.63) is 0 Å². The zero-order chi connectivity index (χ0) is 21.3. The van der Waals surface area contributed by atoms with Crippen molar-refractivity contribution >= 4 is 128 Å². The first-order valence-electron chi connectivity index (χ1n) is 6.34. The van der Waals surface area contributed by atoms with Crippen LogP contribution in [-0.2, 0) is 28.8 Å². The molecule has 0 aliphatic carbocycles. The summed E-state index contributed by atoms with van der Waals surface area (Å²) in [5.41, 5.74) is -5.48. The van der Waals surface area contributed by atoms with E-state index < -0.39 is 72.7 Å². The summed E-state index contributed by atoms with van der Waals surface area (Å²) >= 11 is 0. The molecule has 0 heterocycles. The molecule has 0 atom stereocenters. The molecule has 0 bridgehead atoms. The summed E-state index contributed by atoms with van der Waals surface area (Å²) < 4.78 is 0. The number of carboxylic acids is 6. The minimum atomic E-state index is -2.74. The van der Waals surface area contributed by atoms with E-state index in [-0.39, 0.29) is 92.2 Å². The number of aliphatic carboxylic acids is 6. The maximum atomic E-state index is 10.3. The topological polar surface area (TPSA) is 264 Å². The Morgan fingerprint density at radius 2 is 0.567 bits per heavy atom. The molecule has 0 fully saturated rings. The molecule has 0 rings (SSSR count).